The van der Waals surface area contributed by atoms with E-state index < -0.39 is 5.97 Å². The Morgan fingerprint density at radius 3 is 2.93 bits per heavy atom. The Morgan fingerprint density at radius 2 is 2.27 bits per heavy atom. The van der Waals surface area contributed by atoms with Crippen molar-refractivity contribution in [2.75, 3.05) is 12.8 Å². The Labute approximate surface area is 85.7 Å². The first kappa shape index (κ1) is 9.45. The Bertz CT molecular complexity index is 532. The molecule has 0 aliphatic carbocycles. The smallest absolute Gasteiger partial charge is 0.339 e. The molecular weight excluding hydrogens is 196 g/mol. The molecule has 2 aromatic heterocycles. The molecule has 15 heavy (non-hydrogen) atoms. The van der Waals surface area contributed by atoms with E-state index in [0.29, 0.717) is 22.7 Å². The van der Waals surface area contributed by atoms with Gasteiger partial charge in [0.05, 0.1) is 18.4 Å². The van der Waals surface area contributed by atoms with Gasteiger partial charge in [0.25, 0.3) is 0 Å². The summed E-state index contributed by atoms with van der Waals surface area (Å²) in [5.74, 6) is 0.235. The van der Waals surface area contributed by atoms with Crippen molar-refractivity contribution in [3.05, 3.63) is 23.7 Å². The number of nitrogens with two attached hydrogens (primary N) is 1. The van der Waals surface area contributed by atoms with E-state index in [1.165, 1.54) is 13.2 Å². The van der Waals surface area contributed by atoms with Crippen molar-refractivity contribution in [1.29, 1.82) is 0 Å². The fraction of sp³-hybridized carbons (Fsp3) is 0.222. The van der Waals surface area contributed by atoms with E-state index in [1.807, 2.05) is 0 Å². The highest BCUT2D eigenvalue weighted by atomic mass is 16.5. The molecule has 0 saturated carbocycles. The van der Waals surface area contributed by atoms with E-state index >= 15 is 0 Å². The van der Waals surface area contributed by atoms with Crippen LogP contribution in [0.5, 0.6) is 0 Å². The number of carbonyl (C=O) groups is 1. The number of pyridine rings is 1. The number of methoxy groups -OCH3 is 1. The number of hydrogen-bond acceptors (Lipinski definition) is 5. The summed E-state index contributed by atoms with van der Waals surface area (Å²) in [7, 11) is 1.32. The van der Waals surface area contributed by atoms with Gasteiger partial charge in [-0.15, -0.1) is 10.2 Å². The third-order valence-electron chi connectivity index (χ3n) is 2.12. The average molecular weight is 206 g/mol. The predicted molar refractivity (Wildman–Crippen MR) is 53.5 cm³/mol. The molecule has 2 N–H and O–H groups in total. The van der Waals surface area contributed by atoms with Crippen molar-refractivity contribution in [3.63, 3.8) is 0 Å². The first-order valence-electron chi connectivity index (χ1n) is 4.32. The molecule has 0 fully saturated rings. The summed E-state index contributed by atoms with van der Waals surface area (Å²) in [5, 5.41) is 7.74. The molecule has 0 atom stereocenters. The highest BCUT2D eigenvalue weighted by molar-refractivity contribution is 5.91. The fourth-order valence-electron chi connectivity index (χ4n) is 1.36. The van der Waals surface area contributed by atoms with E-state index in [4.69, 9.17) is 5.73 Å². The maximum Gasteiger partial charge on any atom is 0.339 e. The number of anilines is 1. The third kappa shape index (κ3) is 1.39. The quantitative estimate of drug-likeness (QED) is 0.683. The zero-order valence-electron chi connectivity index (χ0n) is 8.39. The Balaban J connectivity index is 2.70. The van der Waals surface area contributed by atoms with Gasteiger partial charge >= 0.3 is 5.97 Å². The van der Waals surface area contributed by atoms with Gasteiger partial charge in [-0.3, -0.25) is 4.40 Å². The van der Waals surface area contributed by atoms with Gasteiger partial charge in [0.2, 0.25) is 0 Å². The number of aryl methyl sites for hydroxylation is 1. The van der Waals surface area contributed by atoms with Crippen LogP contribution in [0.3, 0.4) is 0 Å². The molecule has 0 amide bonds. The van der Waals surface area contributed by atoms with Gasteiger partial charge < -0.3 is 10.5 Å². The second-order valence-corrected chi connectivity index (χ2v) is 3.12. The van der Waals surface area contributed by atoms with Crippen molar-refractivity contribution in [1.82, 2.24) is 14.6 Å². The number of carbonyl (C=O) groups excluding carboxylic acids is 1. The van der Waals surface area contributed by atoms with E-state index in [9.17, 15) is 4.79 Å². The van der Waals surface area contributed by atoms with Gasteiger partial charge in [-0.2, -0.15) is 0 Å². The zero-order chi connectivity index (χ0) is 11.0. The van der Waals surface area contributed by atoms with Gasteiger partial charge in [-0.05, 0) is 13.0 Å². The Morgan fingerprint density at radius 1 is 1.53 bits per heavy atom. The summed E-state index contributed by atoms with van der Waals surface area (Å²) < 4.78 is 6.26. The summed E-state index contributed by atoms with van der Waals surface area (Å²) in [6, 6.07) is 1.52. The maximum atomic E-state index is 11.3. The van der Waals surface area contributed by atoms with E-state index in [0.717, 1.165) is 0 Å². The summed E-state index contributed by atoms with van der Waals surface area (Å²) in [5.41, 5.74) is 7.05. The number of aromatic nitrogens is 3. The van der Waals surface area contributed by atoms with Crippen molar-refractivity contribution in [2.24, 2.45) is 0 Å². The molecule has 6 heteroatoms. The number of rotatable bonds is 1. The second-order valence-electron chi connectivity index (χ2n) is 3.12. The van der Waals surface area contributed by atoms with Crippen LogP contribution in [0, 0.1) is 6.92 Å². The highest BCUT2D eigenvalue weighted by Crippen LogP contribution is 2.15. The molecule has 0 spiro atoms. The number of nitrogens with zero attached hydrogens (tertiary/aromatic N) is 3. The van der Waals surface area contributed by atoms with Crippen LogP contribution in [0.1, 0.15) is 16.2 Å². The molecule has 0 aromatic carbocycles. The molecule has 2 heterocycles. The van der Waals surface area contributed by atoms with Crippen LogP contribution in [0.25, 0.3) is 5.65 Å². The normalized spacial score (nSPS) is 10.5. The largest absolute Gasteiger partial charge is 0.465 e. The summed E-state index contributed by atoms with van der Waals surface area (Å²) in [6.45, 7) is 1.78. The number of fused-ring (bicyclic) bond motifs is 1. The minimum atomic E-state index is -0.434. The SMILES string of the molecule is COC(=O)c1cc(N)c2nnc(C)n2c1. The second kappa shape index (κ2) is 3.23. The minimum Gasteiger partial charge on any atom is -0.465 e. The summed E-state index contributed by atoms with van der Waals surface area (Å²) >= 11 is 0. The molecule has 78 valence electrons. The summed E-state index contributed by atoms with van der Waals surface area (Å²) in [4.78, 5) is 11.3. The first-order valence-corrected chi connectivity index (χ1v) is 4.32. The topological polar surface area (TPSA) is 82.5 Å². The Hall–Kier alpha value is -2.11. The van der Waals surface area contributed by atoms with E-state index in [-0.39, 0.29) is 0 Å². The number of ether oxygens (including phenoxy) is 1. The van der Waals surface area contributed by atoms with Gasteiger partial charge in [0.1, 0.15) is 5.82 Å². The van der Waals surface area contributed by atoms with Crippen LogP contribution in [0.2, 0.25) is 0 Å². The molecular formula is C9H10N4O2. The lowest BCUT2D eigenvalue weighted by atomic mass is 10.2. The van der Waals surface area contributed by atoms with Crippen LogP contribution in [0.15, 0.2) is 12.3 Å². The van der Waals surface area contributed by atoms with Crippen molar-refractivity contribution >= 4 is 17.3 Å². The van der Waals surface area contributed by atoms with Crippen molar-refractivity contribution in [2.45, 2.75) is 6.92 Å². The molecule has 6 nitrogen and oxygen atoms in total. The molecule has 0 saturated heterocycles. The lowest BCUT2D eigenvalue weighted by Gasteiger charge is -2.03. The Kier molecular flexibility index (Phi) is 2.03. The molecule has 0 aliphatic heterocycles. The number of nitrogen functional groups attached to an aromatic ring is 1. The number of esters is 1. The highest BCUT2D eigenvalue weighted by Gasteiger charge is 2.11. The molecule has 2 aromatic rings. The van der Waals surface area contributed by atoms with Gasteiger partial charge in [0.15, 0.2) is 5.65 Å². The van der Waals surface area contributed by atoms with Crippen molar-refractivity contribution < 1.29 is 9.53 Å². The minimum absolute atomic E-state index is 0.380. The molecule has 0 aliphatic rings. The number of hydrogen-bond donors (Lipinski definition) is 1. The lowest BCUT2D eigenvalue weighted by Crippen LogP contribution is -2.05. The molecule has 0 radical (unpaired) electrons. The van der Waals surface area contributed by atoms with E-state index in [2.05, 4.69) is 14.9 Å². The maximum absolute atomic E-state index is 11.3. The van der Waals surface area contributed by atoms with E-state index in [1.54, 1.807) is 17.5 Å². The monoisotopic (exact) mass is 206 g/mol. The predicted octanol–water partition coefficient (Wildman–Crippen LogP) is 0.407. The van der Waals surface area contributed by atoms with Crippen LogP contribution in [-0.2, 0) is 4.74 Å². The average Bonchev–Trinajstić information content (AvgIpc) is 2.60. The van der Waals surface area contributed by atoms with Crippen LogP contribution in [0.4, 0.5) is 5.69 Å². The van der Waals surface area contributed by atoms with Gasteiger partial charge in [0, 0.05) is 6.20 Å². The zero-order valence-corrected chi connectivity index (χ0v) is 8.39. The van der Waals surface area contributed by atoms with Crippen LogP contribution < -0.4 is 5.73 Å². The standard InChI is InChI=1S/C9H10N4O2/c1-5-11-12-8-7(10)3-6(4-13(5)8)9(14)15-2/h3-4H,10H2,1-2H3. The third-order valence-corrected chi connectivity index (χ3v) is 2.12. The van der Waals surface area contributed by atoms with Crippen molar-refractivity contribution in [3.8, 4) is 0 Å². The molecule has 0 bridgehead atoms. The molecule has 0 unspecified atom stereocenters. The first-order chi connectivity index (χ1) is 7.13. The molecule has 2 rings (SSSR count). The fourth-order valence-corrected chi connectivity index (χ4v) is 1.36. The van der Waals surface area contributed by atoms with Gasteiger partial charge in [-0.1, -0.05) is 0 Å². The van der Waals surface area contributed by atoms with Gasteiger partial charge in [-0.25, -0.2) is 4.79 Å². The summed E-state index contributed by atoms with van der Waals surface area (Å²) in [6.07, 6.45) is 1.60. The van der Waals surface area contributed by atoms with Crippen LogP contribution in [-0.4, -0.2) is 27.7 Å². The lowest BCUT2D eigenvalue weighted by molar-refractivity contribution is 0.0600. The van der Waals surface area contributed by atoms with Crippen LogP contribution >= 0.6 is 0 Å².